The maximum absolute atomic E-state index is 10.6. The second-order valence-corrected chi connectivity index (χ2v) is 6.85. The van der Waals surface area contributed by atoms with Crippen LogP contribution in [0.4, 0.5) is 0 Å². The lowest BCUT2D eigenvalue weighted by atomic mass is 9.99. The second-order valence-electron chi connectivity index (χ2n) is 6.85. The summed E-state index contributed by atoms with van der Waals surface area (Å²) in [6, 6.07) is 0. The van der Waals surface area contributed by atoms with Crippen molar-refractivity contribution in [2.24, 2.45) is 5.92 Å². The van der Waals surface area contributed by atoms with Crippen LogP contribution in [0.5, 0.6) is 0 Å². The van der Waals surface area contributed by atoms with Gasteiger partial charge in [0.1, 0.15) is 0 Å². The molecule has 0 aliphatic heterocycles. The molecule has 0 heterocycles. The quantitative estimate of drug-likeness (QED) is 0.292. The van der Waals surface area contributed by atoms with Gasteiger partial charge >= 0.3 is 5.97 Å². The number of carbonyl (C=O) groups is 1. The highest BCUT2D eigenvalue weighted by molar-refractivity contribution is 5.75. The van der Waals surface area contributed by atoms with Crippen LogP contribution in [0.2, 0.25) is 0 Å². The summed E-state index contributed by atoms with van der Waals surface area (Å²) in [6.45, 7) is 4.45. The molecule has 0 aromatic carbocycles. The van der Waals surface area contributed by atoms with Gasteiger partial charge in [-0.25, -0.2) is 4.79 Å². The second kappa shape index (κ2) is 11.1. The molecule has 140 valence electrons. The molecular weight excluding hydrogens is 316 g/mol. The smallest absolute Gasteiger partial charge is 0.364 e. The first-order valence-electron chi connectivity index (χ1n) is 9.34. The molecule has 0 unspecified atom stereocenters. The average Bonchev–Trinajstić information content (AvgIpc) is 2.90. The number of unbranched alkanes of at least 4 members (excludes halogenated alkanes) is 4. The Kier molecular flexibility index (Phi) is 9.51. The van der Waals surface area contributed by atoms with Crippen molar-refractivity contribution < 1.29 is 20.1 Å². The van der Waals surface area contributed by atoms with E-state index in [4.69, 9.17) is 5.11 Å². The van der Waals surface area contributed by atoms with Gasteiger partial charge in [-0.1, -0.05) is 50.8 Å². The number of hydrogen-bond acceptors (Lipinski definition) is 3. The van der Waals surface area contributed by atoms with E-state index in [-0.39, 0.29) is 6.42 Å². The van der Waals surface area contributed by atoms with Crippen LogP contribution in [0, 0.1) is 5.92 Å². The molecule has 0 radical (unpaired) electrons. The Labute approximate surface area is 151 Å². The van der Waals surface area contributed by atoms with Crippen LogP contribution in [-0.2, 0) is 4.79 Å². The molecule has 1 aliphatic rings. The molecule has 1 rings (SSSR count). The van der Waals surface area contributed by atoms with E-state index in [1.807, 2.05) is 6.08 Å². The Morgan fingerprint density at radius 2 is 2.04 bits per heavy atom. The van der Waals surface area contributed by atoms with Gasteiger partial charge in [-0.2, -0.15) is 0 Å². The van der Waals surface area contributed by atoms with Crippen LogP contribution in [-0.4, -0.2) is 27.1 Å². The highest BCUT2D eigenvalue weighted by Gasteiger charge is 2.31. The summed E-state index contributed by atoms with van der Waals surface area (Å²) in [6.07, 6.45) is 16.6. The standard InChI is InChI=1S/C21H32O4/c1-3-4-5-6-7-9-12-18-15-14-17(2)19(18)13-10-8-11-16-21(24,25)20(22)23/h9-12,17,24-25H,3-7,13-16H2,1-2H3,(H,22,23)/t8?,17-/m0/s1. The number of carboxylic acid groups (broad SMARTS) is 1. The van der Waals surface area contributed by atoms with Gasteiger partial charge in [0.2, 0.25) is 0 Å². The summed E-state index contributed by atoms with van der Waals surface area (Å²) in [4.78, 5) is 10.6. The van der Waals surface area contributed by atoms with Crippen LogP contribution in [0.15, 0.2) is 41.2 Å². The molecule has 3 N–H and O–H groups in total. The summed E-state index contributed by atoms with van der Waals surface area (Å²) in [5.74, 6) is -3.82. The first kappa shape index (κ1) is 21.4. The number of allylic oxidation sites excluding steroid dienone is 4. The highest BCUT2D eigenvalue weighted by Crippen LogP contribution is 2.34. The third kappa shape index (κ3) is 7.87. The summed E-state index contributed by atoms with van der Waals surface area (Å²) < 4.78 is 0. The third-order valence-corrected chi connectivity index (χ3v) is 4.68. The molecule has 25 heavy (non-hydrogen) atoms. The van der Waals surface area contributed by atoms with Gasteiger partial charge in [0, 0.05) is 6.42 Å². The van der Waals surface area contributed by atoms with Gasteiger partial charge in [0.25, 0.3) is 5.79 Å². The Hall–Kier alpha value is -1.61. The fraction of sp³-hybridized carbons (Fsp3) is 0.619. The van der Waals surface area contributed by atoms with Crippen molar-refractivity contribution in [3.63, 3.8) is 0 Å². The van der Waals surface area contributed by atoms with Crippen LogP contribution in [0.1, 0.15) is 71.6 Å². The Balaban J connectivity index is 2.56. The molecule has 0 aromatic heterocycles. The highest BCUT2D eigenvalue weighted by atomic mass is 16.5. The molecule has 0 bridgehead atoms. The van der Waals surface area contributed by atoms with E-state index in [1.54, 1.807) is 0 Å². The normalized spacial score (nSPS) is 17.8. The topological polar surface area (TPSA) is 77.8 Å². The maximum Gasteiger partial charge on any atom is 0.364 e. The van der Waals surface area contributed by atoms with Gasteiger partial charge in [-0.3, -0.25) is 0 Å². The molecule has 4 heteroatoms. The monoisotopic (exact) mass is 348 g/mol. The zero-order valence-electron chi connectivity index (χ0n) is 15.5. The van der Waals surface area contributed by atoms with Crippen molar-refractivity contribution in [2.75, 3.05) is 0 Å². The minimum absolute atomic E-state index is 0.377. The molecule has 4 nitrogen and oxygen atoms in total. The average molecular weight is 348 g/mol. The lowest BCUT2D eigenvalue weighted by Crippen LogP contribution is -2.37. The Morgan fingerprint density at radius 1 is 1.28 bits per heavy atom. The molecule has 1 aliphatic carbocycles. The van der Waals surface area contributed by atoms with Crippen molar-refractivity contribution in [3.05, 3.63) is 41.2 Å². The van der Waals surface area contributed by atoms with E-state index >= 15 is 0 Å². The van der Waals surface area contributed by atoms with Crippen molar-refractivity contribution >= 4 is 5.97 Å². The van der Waals surface area contributed by atoms with Crippen molar-refractivity contribution in [2.45, 2.75) is 77.4 Å². The van der Waals surface area contributed by atoms with Gasteiger partial charge in [-0.15, -0.1) is 5.73 Å². The number of carboxylic acids is 1. The predicted molar refractivity (Wildman–Crippen MR) is 100 cm³/mol. The Bertz CT molecular complexity index is 548. The number of aliphatic carboxylic acids is 1. The lowest BCUT2D eigenvalue weighted by Gasteiger charge is -2.12. The van der Waals surface area contributed by atoms with Crippen LogP contribution >= 0.6 is 0 Å². The van der Waals surface area contributed by atoms with Crippen LogP contribution in [0.3, 0.4) is 0 Å². The molecule has 0 saturated carbocycles. The molecule has 0 fully saturated rings. The molecule has 1 atom stereocenters. The molecule has 0 saturated heterocycles. The Morgan fingerprint density at radius 3 is 2.72 bits per heavy atom. The summed E-state index contributed by atoms with van der Waals surface area (Å²) in [5, 5.41) is 27.0. The summed E-state index contributed by atoms with van der Waals surface area (Å²) in [5.41, 5.74) is 5.68. The van der Waals surface area contributed by atoms with Crippen LogP contribution in [0.25, 0.3) is 0 Å². The largest absolute Gasteiger partial charge is 0.477 e. The van der Waals surface area contributed by atoms with Crippen molar-refractivity contribution in [1.82, 2.24) is 0 Å². The number of rotatable bonds is 11. The van der Waals surface area contributed by atoms with Gasteiger partial charge in [0.05, 0.1) is 0 Å². The number of aliphatic hydroxyl groups is 2. The first-order chi connectivity index (χ1) is 11.9. The fourth-order valence-electron chi connectivity index (χ4n) is 3.00. The van der Waals surface area contributed by atoms with Crippen molar-refractivity contribution in [1.29, 1.82) is 0 Å². The zero-order chi connectivity index (χ0) is 18.7. The van der Waals surface area contributed by atoms with E-state index in [2.05, 4.69) is 31.7 Å². The first-order valence-corrected chi connectivity index (χ1v) is 9.34. The summed E-state index contributed by atoms with van der Waals surface area (Å²) in [7, 11) is 0. The van der Waals surface area contributed by atoms with E-state index in [9.17, 15) is 15.0 Å². The van der Waals surface area contributed by atoms with Crippen molar-refractivity contribution in [3.8, 4) is 0 Å². The molecule has 0 spiro atoms. The molecule has 0 aromatic rings. The molecule has 0 amide bonds. The van der Waals surface area contributed by atoms with E-state index in [0.717, 1.165) is 25.7 Å². The summed E-state index contributed by atoms with van der Waals surface area (Å²) >= 11 is 0. The SMILES string of the molecule is CCCCCCC=CC1=C(CC=C=CCC(O)(O)C(=O)O)[C@@H](C)CC1. The minimum atomic E-state index is -2.72. The fourth-order valence-corrected chi connectivity index (χ4v) is 3.00. The van der Waals surface area contributed by atoms with E-state index in [1.165, 1.54) is 42.9 Å². The molecular formula is C21H32O4. The van der Waals surface area contributed by atoms with Gasteiger partial charge < -0.3 is 15.3 Å². The van der Waals surface area contributed by atoms with E-state index < -0.39 is 11.8 Å². The number of hydrogen-bond donors (Lipinski definition) is 3. The minimum Gasteiger partial charge on any atom is -0.477 e. The lowest BCUT2D eigenvalue weighted by molar-refractivity contribution is -0.201. The van der Waals surface area contributed by atoms with Crippen LogP contribution < -0.4 is 0 Å². The zero-order valence-corrected chi connectivity index (χ0v) is 15.5. The van der Waals surface area contributed by atoms with Gasteiger partial charge in [0.15, 0.2) is 0 Å². The maximum atomic E-state index is 10.6. The van der Waals surface area contributed by atoms with E-state index in [0.29, 0.717) is 5.92 Å². The third-order valence-electron chi connectivity index (χ3n) is 4.68. The predicted octanol–water partition coefficient (Wildman–Crippen LogP) is 4.50. The van der Waals surface area contributed by atoms with Gasteiger partial charge in [-0.05, 0) is 55.7 Å².